The molecule has 0 atom stereocenters. The lowest BCUT2D eigenvalue weighted by Gasteiger charge is -2.28. The lowest BCUT2D eigenvalue weighted by atomic mass is 9.85. The van der Waals surface area contributed by atoms with E-state index in [0.717, 1.165) is 25.7 Å². The van der Waals surface area contributed by atoms with Crippen molar-refractivity contribution in [1.29, 1.82) is 0 Å². The Labute approximate surface area is 128 Å². The van der Waals surface area contributed by atoms with Gasteiger partial charge in [0.1, 0.15) is 5.69 Å². The van der Waals surface area contributed by atoms with Crippen LogP contribution in [0.15, 0.2) is 18.3 Å². The first-order valence-corrected chi connectivity index (χ1v) is 7.23. The van der Waals surface area contributed by atoms with Gasteiger partial charge in [0, 0.05) is 25.2 Å². The van der Waals surface area contributed by atoms with Crippen LogP contribution in [0.4, 0.5) is 0 Å². The molecular formula is C15H19N3O4. The van der Waals surface area contributed by atoms with Crippen molar-refractivity contribution >= 4 is 17.8 Å². The van der Waals surface area contributed by atoms with Crippen LogP contribution in [0.5, 0.6) is 0 Å². The zero-order chi connectivity index (χ0) is 16.1. The maximum absolute atomic E-state index is 12.1. The Morgan fingerprint density at radius 1 is 1.18 bits per heavy atom. The van der Waals surface area contributed by atoms with Crippen LogP contribution < -0.4 is 10.6 Å². The first-order chi connectivity index (χ1) is 10.5. The van der Waals surface area contributed by atoms with Crippen LogP contribution in [0.1, 0.15) is 46.5 Å². The van der Waals surface area contributed by atoms with Gasteiger partial charge in [0.2, 0.25) is 5.91 Å². The number of carbonyl (C=O) groups excluding carboxylic acids is 2. The normalized spacial score (nSPS) is 21.0. The van der Waals surface area contributed by atoms with Crippen LogP contribution in [0, 0.1) is 5.92 Å². The number of aromatic carboxylic acids is 1. The number of amides is 2. The molecule has 0 aromatic carbocycles. The van der Waals surface area contributed by atoms with Crippen molar-refractivity contribution in [3.8, 4) is 0 Å². The summed E-state index contributed by atoms with van der Waals surface area (Å²) in [6.07, 6.45) is 4.27. The minimum Gasteiger partial charge on any atom is -0.477 e. The van der Waals surface area contributed by atoms with Crippen LogP contribution in [-0.2, 0) is 4.79 Å². The minimum absolute atomic E-state index is 0.0228. The maximum atomic E-state index is 12.1. The van der Waals surface area contributed by atoms with Gasteiger partial charge in [-0.05, 0) is 37.8 Å². The molecule has 3 N–H and O–H groups in total. The van der Waals surface area contributed by atoms with Crippen LogP contribution in [0.25, 0.3) is 0 Å². The SMILES string of the molecule is CNC(=O)C1CCC(NC(=O)c2ccc(C(=O)O)nc2)CC1. The summed E-state index contributed by atoms with van der Waals surface area (Å²) >= 11 is 0. The lowest BCUT2D eigenvalue weighted by Crippen LogP contribution is -2.40. The van der Waals surface area contributed by atoms with Crippen molar-refractivity contribution in [2.75, 3.05) is 7.05 Å². The van der Waals surface area contributed by atoms with Crippen molar-refractivity contribution in [3.63, 3.8) is 0 Å². The Kier molecular flexibility index (Phi) is 5.08. The van der Waals surface area contributed by atoms with Gasteiger partial charge in [0.25, 0.3) is 5.91 Å². The fourth-order valence-electron chi connectivity index (χ4n) is 2.63. The summed E-state index contributed by atoms with van der Waals surface area (Å²) in [5.41, 5.74) is 0.237. The van der Waals surface area contributed by atoms with Crippen LogP contribution in [0.2, 0.25) is 0 Å². The Bertz CT molecular complexity index is 563. The predicted octanol–water partition coefficient (Wildman–Crippen LogP) is 0.814. The second-order valence-electron chi connectivity index (χ2n) is 5.37. The average molecular weight is 305 g/mol. The number of carboxylic acids is 1. The van der Waals surface area contributed by atoms with Crippen LogP contribution in [-0.4, -0.2) is 41.0 Å². The number of aromatic nitrogens is 1. The fraction of sp³-hybridized carbons (Fsp3) is 0.467. The lowest BCUT2D eigenvalue weighted by molar-refractivity contribution is -0.125. The van der Waals surface area contributed by atoms with Crippen LogP contribution >= 0.6 is 0 Å². The molecule has 1 heterocycles. The highest BCUT2D eigenvalue weighted by Gasteiger charge is 2.26. The fourth-order valence-corrected chi connectivity index (χ4v) is 2.63. The third-order valence-electron chi connectivity index (χ3n) is 3.92. The standard InChI is InChI=1S/C15H19N3O4/c1-16-13(19)9-2-5-11(6-3-9)18-14(20)10-4-7-12(15(21)22)17-8-10/h4,7-9,11H,2-3,5-6H2,1H3,(H,16,19)(H,18,20)(H,21,22). The smallest absolute Gasteiger partial charge is 0.354 e. The van der Waals surface area contributed by atoms with E-state index in [0.29, 0.717) is 5.56 Å². The summed E-state index contributed by atoms with van der Waals surface area (Å²) in [7, 11) is 1.63. The van der Waals surface area contributed by atoms with Crippen molar-refractivity contribution in [3.05, 3.63) is 29.6 Å². The van der Waals surface area contributed by atoms with E-state index < -0.39 is 5.97 Å². The molecule has 2 amide bonds. The first kappa shape index (κ1) is 15.9. The van der Waals surface area contributed by atoms with E-state index in [4.69, 9.17) is 5.11 Å². The van der Waals surface area contributed by atoms with E-state index in [9.17, 15) is 14.4 Å². The maximum Gasteiger partial charge on any atom is 0.354 e. The summed E-state index contributed by atoms with van der Waals surface area (Å²) in [6, 6.07) is 2.79. The van der Waals surface area contributed by atoms with Crippen molar-refractivity contribution < 1.29 is 19.5 Å². The summed E-state index contributed by atoms with van der Waals surface area (Å²) in [5.74, 6) is -1.32. The number of carboxylic acid groups (broad SMARTS) is 1. The van der Waals surface area contributed by atoms with Gasteiger partial charge in [-0.2, -0.15) is 0 Å². The third kappa shape index (κ3) is 3.81. The molecule has 1 aliphatic rings. The highest BCUT2D eigenvalue weighted by Crippen LogP contribution is 2.24. The van der Waals surface area contributed by atoms with Crippen molar-refractivity contribution in [1.82, 2.24) is 15.6 Å². The summed E-state index contributed by atoms with van der Waals surface area (Å²) in [6.45, 7) is 0. The molecule has 2 rings (SSSR count). The van der Waals surface area contributed by atoms with Gasteiger partial charge in [0.15, 0.2) is 0 Å². The number of hydrogen-bond acceptors (Lipinski definition) is 4. The molecule has 0 spiro atoms. The number of nitrogens with zero attached hydrogens (tertiary/aromatic N) is 1. The Hall–Kier alpha value is -2.44. The highest BCUT2D eigenvalue weighted by molar-refractivity contribution is 5.95. The largest absolute Gasteiger partial charge is 0.477 e. The molecule has 1 fully saturated rings. The quantitative estimate of drug-likeness (QED) is 0.763. The highest BCUT2D eigenvalue weighted by atomic mass is 16.4. The van der Waals surface area contributed by atoms with Gasteiger partial charge in [-0.25, -0.2) is 9.78 Å². The number of pyridine rings is 1. The predicted molar refractivity (Wildman–Crippen MR) is 78.5 cm³/mol. The number of nitrogens with one attached hydrogen (secondary N) is 2. The Morgan fingerprint density at radius 2 is 1.86 bits per heavy atom. The van der Waals surface area contributed by atoms with Crippen molar-refractivity contribution in [2.24, 2.45) is 5.92 Å². The molecule has 1 saturated carbocycles. The number of rotatable bonds is 4. The second-order valence-corrected chi connectivity index (χ2v) is 5.37. The molecule has 7 nitrogen and oxygen atoms in total. The molecule has 0 aliphatic heterocycles. The summed E-state index contributed by atoms with van der Waals surface area (Å²) < 4.78 is 0. The molecule has 1 aromatic rings. The van der Waals surface area contributed by atoms with E-state index in [-0.39, 0.29) is 29.5 Å². The van der Waals surface area contributed by atoms with Gasteiger partial charge in [-0.3, -0.25) is 9.59 Å². The van der Waals surface area contributed by atoms with Gasteiger partial charge in [0.05, 0.1) is 5.56 Å². The number of carbonyl (C=O) groups is 3. The Morgan fingerprint density at radius 3 is 2.36 bits per heavy atom. The van der Waals surface area contributed by atoms with E-state index >= 15 is 0 Å². The zero-order valence-corrected chi connectivity index (χ0v) is 12.3. The second kappa shape index (κ2) is 7.02. The topological polar surface area (TPSA) is 108 Å². The van der Waals surface area contributed by atoms with Gasteiger partial charge in [-0.15, -0.1) is 0 Å². The van der Waals surface area contributed by atoms with E-state index in [1.54, 1.807) is 7.05 Å². The van der Waals surface area contributed by atoms with E-state index in [2.05, 4.69) is 15.6 Å². The van der Waals surface area contributed by atoms with E-state index in [1.807, 2.05) is 0 Å². The average Bonchev–Trinajstić information content (AvgIpc) is 2.54. The molecule has 0 saturated heterocycles. The monoisotopic (exact) mass is 305 g/mol. The van der Waals surface area contributed by atoms with Crippen LogP contribution in [0.3, 0.4) is 0 Å². The molecule has 0 unspecified atom stereocenters. The van der Waals surface area contributed by atoms with Gasteiger partial charge >= 0.3 is 5.97 Å². The third-order valence-corrected chi connectivity index (χ3v) is 3.92. The van der Waals surface area contributed by atoms with Crippen molar-refractivity contribution in [2.45, 2.75) is 31.7 Å². The summed E-state index contributed by atoms with van der Waals surface area (Å²) in [4.78, 5) is 38.1. The molecule has 7 heteroatoms. The molecular weight excluding hydrogens is 286 g/mol. The van der Waals surface area contributed by atoms with E-state index in [1.165, 1.54) is 18.3 Å². The zero-order valence-electron chi connectivity index (χ0n) is 12.3. The van der Waals surface area contributed by atoms with Gasteiger partial charge < -0.3 is 15.7 Å². The molecule has 1 aromatic heterocycles. The summed E-state index contributed by atoms with van der Waals surface area (Å²) in [5, 5.41) is 14.3. The molecule has 22 heavy (non-hydrogen) atoms. The molecule has 1 aliphatic carbocycles. The Balaban J connectivity index is 1.88. The molecule has 118 valence electrons. The minimum atomic E-state index is -1.13. The molecule has 0 radical (unpaired) electrons. The molecule has 0 bridgehead atoms. The number of hydrogen-bond donors (Lipinski definition) is 3. The first-order valence-electron chi connectivity index (χ1n) is 7.23. The van der Waals surface area contributed by atoms with Gasteiger partial charge in [-0.1, -0.05) is 0 Å².